The number of nitrogens with zero attached hydrogens (tertiary/aromatic N) is 5. The lowest BCUT2D eigenvalue weighted by Gasteiger charge is -2.28. The lowest BCUT2D eigenvalue weighted by Crippen LogP contribution is -2.36. The lowest BCUT2D eigenvalue weighted by atomic mass is 10.2. The minimum absolute atomic E-state index is 0.421. The minimum atomic E-state index is 0.421. The van der Waals surface area contributed by atoms with Crippen molar-refractivity contribution in [3.63, 3.8) is 0 Å². The van der Waals surface area contributed by atoms with Crippen LogP contribution in [0.4, 0.5) is 5.82 Å². The predicted molar refractivity (Wildman–Crippen MR) is 106 cm³/mol. The molecule has 142 valence electrons. The van der Waals surface area contributed by atoms with E-state index in [1.165, 1.54) is 11.3 Å². The fourth-order valence-corrected chi connectivity index (χ4v) is 4.14. The molecule has 0 radical (unpaired) electrons. The largest absolute Gasteiger partial charge is 0.496 e. The van der Waals surface area contributed by atoms with E-state index in [0.29, 0.717) is 30.7 Å². The van der Waals surface area contributed by atoms with Crippen LogP contribution in [0, 0.1) is 0 Å². The van der Waals surface area contributed by atoms with E-state index < -0.39 is 0 Å². The van der Waals surface area contributed by atoms with E-state index in [-0.39, 0.29) is 0 Å². The molecule has 28 heavy (non-hydrogen) atoms. The van der Waals surface area contributed by atoms with Gasteiger partial charge in [0.1, 0.15) is 22.7 Å². The van der Waals surface area contributed by atoms with Gasteiger partial charge in [-0.15, -0.1) is 21.5 Å². The molecule has 1 saturated heterocycles. The number of fused-ring (bicyclic) bond motifs is 1. The topological polar surface area (TPSA) is 86.4 Å². The van der Waals surface area contributed by atoms with Crippen molar-refractivity contribution < 1.29 is 13.9 Å². The van der Waals surface area contributed by atoms with E-state index in [1.54, 1.807) is 13.4 Å². The average molecular weight is 395 g/mol. The Morgan fingerprint density at radius 2 is 1.89 bits per heavy atom. The quantitative estimate of drug-likeness (QED) is 0.520. The predicted octanol–water partition coefficient (Wildman–Crippen LogP) is 3.25. The van der Waals surface area contributed by atoms with Gasteiger partial charge in [-0.05, 0) is 18.2 Å². The molecule has 4 aromatic rings. The van der Waals surface area contributed by atoms with Crippen molar-refractivity contribution in [1.29, 1.82) is 0 Å². The summed E-state index contributed by atoms with van der Waals surface area (Å²) in [5.74, 6) is 2.48. The fraction of sp³-hybridized carbons (Fsp3) is 0.263. The SMILES string of the molecule is COc1ccccc1-c1nnc(-c2cc3c(N4CCOCC4)ncnc3s2)o1. The third-order valence-corrected chi connectivity index (χ3v) is 5.62. The Balaban J connectivity index is 1.53. The van der Waals surface area contributed by atoms with Gasteiger partial charge < -0.3 is 18.8 Å². The van der Waals surface area contributed by atoms with E-state index in [4.69, 9.17) is 13.9 Å². The molecule has 0 spiro atoms. The summed E-state index contributed by atoms with van der Waals surface area (Å²) in [6.07, 6.45) is 1.60. The highest BCUT2D eigenvalue weighted by Crippen LogP contribution is 2.37. The molecule has 9 heteroatoms. The second-order valence-corrected chi connectivity index (χ2v) is 7.27. The van der Waals surface area contributed by atoms with Gasteiger partial charge in [0, 0.05) is 13.1 Å². The zero-order valence-electron chi connectivity index (χ0n) is 15.2. The molecule has 0 N–H and O–H groups in total. The Labute approximate surface area is 164 Å². The van der Waals surface area contributed by atoms with Crippen LogP contribution in [0.3, 0.4) is 0 Å². The van der Waals surface area contributed by atoms with Crippen molar-refractivity contribution in [3.05, 3.63) is 36.7 Å². The summed E-state index contributed by atoms with van der Waals surface area (Å²) in [4.78, 5) is 12.9. The number of benzene rings is 1. The molecule has 1 aliphatic rings. The van der Waals surface area contributed by atoms with Crippen LogP contribution in [-0.2, 0) is 4.74 Å². The van der Waals surface area contributed by atoms with Gasteiger partial charge in [-0.25, -0.2) is 9.97 Å². The minimum Gasteiger partial charge on any atom is -0.496 e. The van der Waals surface area contributed by atoms with Gasteiger partial charge >= 0.3 is 0 Å². The highest BCUT2D eigenvalue weighted by atomic mass is 32.1. The zero-order chi connectivity index (χ0) is 18.9. The van der Waals surface area contributed by atoms with Crippen molar-refractivity contribution >= 4 is 27.4 Å². The van der Waals surface area contributed by atoms with Crippen LogP contribution in [0.2, 0.25) is 0 Å². The standard InChI is InChI=1S/C19H17N5O3S/c1-25-14-5-3-2-4-12(14)17-22-23-18(27-17)15-10-13-16(20-11-21-19(13)28-15)24-6-8-26-9-7-24/h2-5,10-11H,6-9H2,1H3. The average Bonchev–Trinajstić information content (AvgIpc) is 3.41. The molecule has 1 fully saturated rings. The number of methoxy groups -OCH3 is 1. The van der Waals surface area contributed by atoms with Gasteiger partial charge in [-0.2, -0.15) is 0 Å². The molecule has 0 atom stereocenters. The summed E-state index contributed by atoms with van der Waals surface area (Å²) >= 11 is 1.51. The summed E-state index contributed by atoms with van der Waals surface area (Å²) in [6.45, 7) is 3.04. The summed E-state index contributed by atoms with van der Waals surface area (Å²) in [5.41, 5.74) is 0.763. The van der Waals surface area contributed by atoms with E-state index in [2.05, 4.69) is 25.1 Å². The molecule has 0 bridgehead atoms. The van der Waals surface area contributed by atoms with E-state index in [9.17, 15) is 0 Å². The van der Waals surface area contributed by atoms with Crippen LogP contribution in [0.5, 0.6) is 5.75 Å². The van der Waals surface area contributed by atoms with Gasteiger partial charge in [0.25, 0.3) is 11.8 Å². The van der Waals surface area contributed by atoms with Crippen molar-refractivity contribution in [3.8, 4) is 28.0 Å². The highest BCUT2D eigenvalue weighted by molar-refractivity contribution is 7.21. The number of hydrogen-bond acceptors (Lipinski definition) is 9. The maximum Gasteiger partial charge on any atom is 0.258 e. The van der Waals surface area contributed by atoms with Crippen LogP contribution in [0.25, 0.3) is 32.4 Å². The summed E-state index contributed by atoms with van der Waals surface area (Å²) in [5, 5.41) is 9.42. The first-order chi connectivity index (χ1) is 13.8. The van der Waals surface area contributed by atoms with Crippen molar-refractivity contribution in [2.45, 2.75) is 0 Å². The molecule has 0 amide bonds. The smallest absolute Gasteiger partial charge is 0.258 e. The first-order valence-electron chi connectivity index (χ1n) is 8.88. The molecule has 4 heterocycles. The first kappa shape index (κ1) is 17.1. The normalized spacial score (nSPS) is 14.5. The number of hydrogen-bond donors (Lipinski definition) is 0. The maximum absolute atomic E-state index is 5.94. The lowest BCUT2D eigenvalue weighted by molar-refractivity contribution is 0.122. The van der Waals surface area contributed by atoms with Crippen LogP contribution in [-0.4, -0.2) is 53.6 Å². The molecular formula is C19H17N5O3S. The van der Waals surface area contributed by atoms with E-state index in [0.717, 1.165) is 39.6 Å². The number of rotatable bonds is 4. The first-order valence-corrected chi connectivity index (χ1v) is 9.69. The van der Waals surface area contributed by atoms with Gasteiger partial charge in [0.05, 0.1) is 36.2 Å². The summed E-state index contributed by atoms with van der Waals surface area (Å²) in [7, 11) is 1.62. The highest BCUT2D eigenvalue weighted by Gasteiger charge is 2.20. The monoisotopic (exact) mass is 395 g/mol. The second kappa shape index (κ2) is 7.17. The molecule has 0 saturated carbocycles. The molecule has 0 unspecified atom stereocenters. The molecular weight excluding hydrogens is 378 g/mol. The number of para-hydroxylation sites is 1. The summed E-state index contributed by atoms with van der Waals surface area (Å²) in [6, 6.07) is 9.58. The van der Waals surface area contributed by atoms with Crippen molar-refractivity contribution in [2.24, 2.45) is 0 Å². The Morgan fingerprint density at radius 3 is 2.75 bits per heavy atom. The van der Waals surface area contributed by atoms with Crippen LogP contribution >= 0.6 is 11.3 Å². The van der Waals surface area contributed by atoms with Crippen LogP contribution < -0.4 is 9.64 Å². The Morgan fingerprint density at radius 1 is 1.07 bits per heavy atom. The van der Waals surface area contributed by atoms with Crippen LogP contribution in [0.15, 0.2) is 41.1 Å². The van der Waals surface area contributed by atoms with Gasteiger partial charge in [-0.3, -0.25) is 0 Å². The number of morpholine rings is 1. The molecule has 8 nitrogen and oxygen atoms in total. The summed E-state index contributed by atoms with van der Waals surface area (Å²) < 4.78 is 16.8. The second-order valence-electron chi connectivity index (χ2n) is 6.24. The van der Waals surface area contributed by atoms with Crippen molar-refractivity contribution in [1.82, 2.24) is 20.2 Å². The molecule has 1 aromatic carbocycles. The van der Waals surface area contributed by atoms with Gasteiger partial charge in [0.2, 0.25) is 0 Å². The molecule has 1 aliphatic heterocycles. The number of thiophene rings is 1. The van der Waals surface area contributed by atoms with E-state index in [1.807, 2.05) is 30.3 Å². The van der Waals surface area contributed by atoms with E-state index >= 15 is 0 Å². The maximum atomic E-state index is 5.94. The Hall–Kier alpha value is -3.04. The number of aromatic nitrogens is 4. The zero-order valence-corrected chi connectivity index (χ0v) is 16.0. The molecule has 5 rings (SSSR count). The third kappa shape index (κ3) is 2.98. The van der Waals surface area contributed by atoms with Gasteiger partial charge in [0.15, 0.2) is 0 Å². The Kier molecular flexibility index (Phi) is 4.38. The van der Waals surface area contributed by atoms with Crippen molar-refractivity contribution in [2.75, 3.05) is 38.3 Å². The molecule has 3 aromatic heterocycles. The van der Waals surface area contributed by atoms with Crippen LogP contribution in [0.1, 0.15) is 0 Å². The molecule has 0 aliphatic carbocycles. The Bertz CT molecular complexity index is 1120. The van der Waals surface area contributed by atoms with Gasteiger partial charge in [-0.1, -0.05) is 12.1 Å². The number of anilines is 1. The number of ether oxygens (including phenoxy) is 2. The fourth-order valence-electron chi connectivity index (χ4n) is 3.23. The third-order valence-electron chi connectivity index (χ3n) is 4.59.